The van der Waals surface area contributed by atoms with Gasteiger partial charge >= 0.3 is 0 Å². The molecule has 2 heterocycles. The number of rotatable bonds is 4. The lowest BCUT2D eigenvalue weighted by Gasteiger charge is -2.34. The number of benzene rings is 1. The SMILES string of the molecule is COc1ccc(C(=O)N2CCC(C3OCCO3)CC2)cc1OC. The highest BCUT2D eigenvalue weighted by molar-refractivity contribution is 5.95. The lowest BCUT2D eigenvalue weighted by atomic mass is 9.95. The largest absolute Gasteiger partial charge is 0.493 e. The van der Waals surface area contributed by atoms with Gasteiger partial charge in [-0.3, -0.25) is 4.79 Å². The van der Waals surface area contributed by atoms with Crippen LogP contribution in [0.4, 0.5) is 0 Å². The monoisotopic (exact) mass is 321 g/mol. The molecule has 3 rings (SSSR count). The normalized spacial score (nSPS) is 19.8. The molecule has 0 radical (unpaired) electrons. The molecule has 23 heavy (non-hydrogen) atoms. The van der Waals surface area contributed by atoms with Crippen molar-refractivity contribution in [2.45, 2.75) is 19.1 Å². The molecule has 2 saturated heterocycles. The third-order valence-electron chi connectivity index (χ3n) is 4.49. The van der Waals surface area contributed by atoms with Crippen LogP contribution >= 0.6 is 0 Å². The fourth-order valence-corrected chi connectivity index (χ4v) is 3.18. The first-order chi connectivity index (χ1) is 11.2. The summed E-state index contributed by atoms with van der Waals surface area (Å²) in [5.41, 5.74) is 0.620. The van der Waals surface area contributed by atoms with Crippen molar-refractivity contribution in [3.05, 3.63) is 23.8 Å². The maximum absolute atomic E-state index is 12.7. The highest BCUT2D eigenvalue weighted by Gasteiger charge is 2.32. The van der Waals surface area contributed by atoms with Gasteiger partial charge in [-0.1, -0.05) is 0 Å². The van der Waals surface area contributed by atoms with E-state index in [-0.39, 0.29) is 12.2 Å². The van der Waals surface area contributed by atoms with Crippen molar-refractivity contribution in [1.82, 2.24) is 4.90 Å². The van der Waals surface area contributed by atoms with Gasteiger partial charge in [-0.05, 0) is 31.0 Å². The number of ether oxygens (including phenoxy) is 4. The Hall–Kier alpha value is -1.79. The van der Waals surface area contributed by atoms with E-state index in [2.05, 4.69) is 0 Å². The first-order valence-electron chi connectivity index (χ1n) is 7.97. The number of piperidine rings is 1. The molecular formula is C17H23NO5. The maximum atomic E-state index is 12.7. The van der Waals surface area contributed by atoms with Gasteiger partial charge in [0.2, 0.25) is 0 Å². The lowest BCUT2D eigenvalue weighted by Crippen LogP contribution is -2.41. The minimum absolute atomic E-state index is 0.0256. The first-order valence-corrected chi connectivity index (χ1v) is 7.97. The molecule has 0 N–H and O–H groups in total. The third-order valence-corrected chi connectivity index (χ3v) is 4.49. The highest BCUT2D eigenvalue weighted by Crippen LogP contribution is 2.30. The van der Waals surface area contributed by atoms with Crippen LogP contribution in [0.2, 0.25) is 0 Å². The molecule has 0 aromatic heterocycles. The Morgan fingerprint density at radius 3 is 2.35 bits per heavy atom. The van der Waals surface area contributed by atoms with Crippen molar-refractivity contribution >= 4 is 5.91 Å². The molecule has 0 aliphatic carbocycles. The van der Waals surface area contributed by atoms with E-state index in [4.69, 9.17) is 18.9 Å². The number of methoxy groups -OCH3 is 2. The number of nitrogens with zero attached hydrogens (tertiary/aromatic N) is 1. The van der Waals surface area contributed by atoms with Crippen molar-refractivity contribution in [3.8, 4) is 11.5 Å². The second-order valence-electron chi connectivity index (χ2n) is 5.81. The molecule has 6 heteroatoms. The first kappa shape index (κ1) is 16.1. The minimum atomic E-state index is -0.0895. The zero-order valence-corrected chi connectivity index (χ0v) is 13.6. The highest BCUT2D eigenvalue weighted by atomic mass is 16.7. The van der Waals surface area contributed by atoms with Crippen LogP contribution in [-0.4, -0.2) is 57.6 Å². The van der Waals surface area contributed by atoms with Crippen LogP contribution in [0.25, 0.3) is 0 Å². The maximum Gasteiger partial charge on any atom is 0.253 e. The quantitative estimate of drug-likeness (QED) is 0.848. The molecule has 6 nitrogen and oxygen atoms in total. The summed E-state index contributed by atoms with van der Waals surface area (Å²) in [5.74, 6) is 1.60. The molecule has 0 atom stereocenters. The summed E-state index contributed by atoms with van der Waals surface area (Å²) in [7, 11) is 3.15. The summed E-state index contributed by atoms with van der Waals surface area (Å²) in [6.45, 7) is 2.80. The van der Waals surface area contributed by atoms with E-state index in [1.807, 2.05) is 4.90 Å². The number of hydrogen-bond acceptors (Lipinski definition) is 5. The van der Waals surface area contributed by atoms with E-state index in [0.717, 1.165) is 25.9 Å². The molecule has 2 fully saturated rings. The van der Waals surface area contributed by atoms with Gasteiger partial charge in [0.25, 0.3) is 5.91 Å². The Morgan fingerprint density at radius 1 is 1.09 bits per heavy atom. The molecule has 126 valence electrons. The average molecular weight is 321 g/mol. The number of hydrogen-bond donors (Lipinski definition) is 0. The molecule has 1 aromatic rings. The van der Waals surface area contributed by atoms with Crippen LogP contribution in [0.5, 0.6) is 11.5 Å². The van der Waals surface area contributed by atoms with Gasteiger partial charge in [0.1, 0.15) is 0 Å². The van der Waals surface area contributed by atoms with Crippen molar-refractivity contribution in [2.24, 2.45) is 5.92 Å². The molecule has 2 aliphatic rings. The number of amides is 1. The van der Waals surface area contributed by atoms with E-state index in [1.54, 1.807) is 32.4 Å². The van der Waals surface area contributed by atoms with Gasteiger partial charge in [0.05, 0.1) is 27.4 Å². The van der Waals surface area contributed by atoms with Crippen LogP contribution in [-0.2, 0) is 9.47 Å². The summed E-state index contributed by atoms with van der Waals surface area (Å²) >= 11 is 0. The fourth-order valence-electron chi connectivity index (χ4n) is 3.18. The molecule has 0 spiro atoms. The number of likely N-dealkylation sites (tertiary alicyclic amines) is 1. The summed E-state index contributed by atoms with van der Waals surface area (Å²) in [5, 5.41) is 0. The summed E-state index contributed by atoms with van der Waals surface area (Å²) in [6, 6.07) is 5.27. The summed E-state index contributed by atoms with van der Waals surface area (Å²) < 4.78 is 21.6. The second kappa shape index (κ2) is 7.19. The number of carbonyl (C=O) groups excluding carboxylic acids is 1. The average Bonchev–Trinajstić information content (AvgIpc) is 3.15. The van der Waals surface area contributed by atoms with Crippen molar-refractivity contribution in [1.29, 1.82) is 0 Å². The van der Waals surface area contributed by atoms with Crippen molar-refractivity contribution in [2.75, 3.05) is 40.5 Å². The molecule has 2 aliphatic heterocycles. The second-order valence-corrected chi connectivity index (χ2v) is 5.81. The molecule has 0 unspecified atom stereocenters. The Kier molecular flexibility index (Phi) is 5.03. The van der Waals surface area contributed by atoms with Crippen LogP contribution in [0, 0.1) is 5.92 Å². The topological polar surface area (TPSA) is 57.2 Å². The summed E-state index contributed by atoms with van der Waals surface area (Å²) in [4.78, 5) is 14.5. The van der Waals surface area contributed by atoms with Crippen molar-refractivity contribution in [3.63, 3.8) is 0 Å². The predicted octanol–water partition coefficient (Wildman–Crippen LogP) is 1.93. The van der Waals surface area contributed by atoms with E-state index in [0.29, 0.717) is 36.2 Å². The number of carbonyl (C=O) groups is 1. The molecule has 1 aromatic carbocycles. The molecular weight excluding hydrogens is 298 g/mol. The van der Waals surface area contributed by atoms with E-state index >= 15 is 0 Å². The van der Waals surface area contributed by atoms with Crippen molar-refractivity contribution < 1.29 is 23.7 Å². The van der Waals surface area contributed by atoms with Crippen LogP contribution in [0.1, 0.15) is 23.2 Å². The molecule has 0 saturated carbocycles. The van der Waals surface area contributed by atoms with Crippen LogP contribution < -0.4 is 9.47 Å². The van der Waals surface area contributed by atoms with E-state index in [9.17, 15) is 4.79 Å². The molecule has 1 amide bonds. The fraction of sp³-hybridized carbons (Fsp3) is 0.588. The summed E-state index contributed by atoms with van der Waals surface area (Å²) in [6.07, 6.45) is 1.72. The van der Waals surface area contributed by atoms with Gasteiger partial charge in [-0.2, -0.15) is 0 Å². The van der Waals surface area contributed by atoms with Gasteiger partial charge in [0, 0.05) is 24.6 Å². The third kappa shape index (κ3) is 3.43. The van der Waals surface area contributed by atoms with Crippen LogP contribution in [0.3, 0.4) is 0 Å². The Balaban J connectivity index is 1.62. The lowest BCUT2D eigenvalue weighted by molar-refractivity contribution is -0.0956. The standard InChI is InChI=1S/C17H23NO5/c1-20-14-4-3-13(11-15(14)21-2)16(19)18-7-5-12(6-8-18)17-22-9-10-23-17/h3-4,11-12,17H,5-10H2,1-2H3. The van der Waals surface area contributed by atoms with Gasteiger partial charge < -0.3 is 23.8 Å². The van der Waals surface area contributed by atoms with Gasteiger partial charge in [0.15, 0.2) is 17.8 Å². The predicted molar refractivity (Wildman–Crippen MR) is 83.9 cm³/mol. The van der Waals surface area contributed by atoms with E-state index in [1.165, 1.54) is 0 Å². The zero-order valence-electron chi connectivity index (χ0n) is 13.6. The minimum Gasteiger partial charge on any atom is -0.493 e. The van der Waals surface area contributed by atoms with Crippen LogP contribution in [0.15, 0.2) is 18.2 Å². The van der Waals surface area contributed by atoms with Gasteiger partial charge in [-0.25, -0.2) is 0 Å². The Morgan fingerprint density at radius 2 is 1.74 bits per heavy atom. The Bertz CT molecular complexity index is 548. The Labute approximate surface area is 136 Å². The smallest absolute Gasteiger partial charge is 0.253 e. The molecule has 0 bridgehead atoms. The zero-order chi connectivity index (χ0) is 16.2. The van der Waals surface area contributed by atoms with E-state index < -0.39 is 0 Å². The van der Waals surface area contributed by atoms with Gasteiger partial charge in [-0.15, -0.1) is 0 Å².